The average molecular weight is 276 g/mol. The predicted molar refractivity (Wildman–Crippen MR) is 73.0 cm³/mol. The first-order valence-electron chi connectivity index (χ1n) is 5.66. The molecule has 0 atom stereocenters. The van der Waals surface area contributed by atoms with E-state index < -0.39 is 0 Å². The second-order valence-electron chi connectivity index (χ2n) is 3.47. The summed E-state index contributed by atoms with van der Waals surface area (Å²) in [5.41, 5.74) is 0. The fraction of sp³-hybridized carbons (Fsp3) is 0.636. The molecule has 0 aromatic carbocycles. The van der Waals surface area contributed by atoms with Crippen molar-refractivity contribution in [1.29, 1.82) is 0 Å². The predicted octanol–water partition coefficient (Wildman–Crippen LogP) is 3.08. The molecule has 1 aromatic rings. The number of nitrogens with one attached hydrogen (secondary N) is 1. The lowest BCUT2D eigenvalue weighted by atomic mass is 10.5. The second kappa shape index (κ2) is 8.55. The molecule has 17 heavy (non-hydrogen) atoms. The zero-order valence-electron chi connectivity index (χ0n) is 10.2. The van der Waals surface area contributed by atoms with Crippen molar-refractivity contribution in [1.82, 2.24) is 9.97 Å². The SMILES string of the molecule is CCCNc1ncc(Cl)c(SCCCOC)n1. The van der Waals surface area contributed by atoms with Crippen LogP contribution in [0.5, 0.6) is 0 Å². The number of hydrogen-bond donors (Lipinski definition) is 1. The molecule has 0 aliphatic heterocycles. The maximum absolute atomic E-state index is 6.04. The molecule has 1 heterocycles. The summed E-state index contributed by atoms with van der Waals surface area (Å²) < 4.78 is 5.00. The normalized spacial score (nSPS) is 10.5. The second-order valence-corrected chi connectivity index (χ2v) is 4.96. The third-order valence-electron chi connectivity index (χ3n) is 1.98. The lowest BCUT2D eigenvalue weighted by Gasteiger charge is -2.06. The Kier molecular flexibility index (Phi) is 7.32. The van der Waals surface area contributed by atoms with Crippen molar-refractivity contribution in [2.24, 2.45) is 0 Å². The number of ether oxygens (including phenoxy) is 1. The summed E-state index contributed by atoms with van der Waals surface area (Å²) in [7, 11) is 1.70. The first kappa shape index (κ1) is 14.5. The van der Waals surface area contributed by atoms with Gasteiger partial charge in [-0.1, -0.05) is 18.5 Å². The molecule has 1 N–H and O–H groups in total. The van der Waals surface area contributed by atoms with Gasteiger partial charge in [-0.25, -0.2) is 9.97 Å². The minimum Gasteiger partial charge on any atom is -0.385 e. The summed E-state index contributed by atoms with van der Waals surface area (Å²) in [6, 6.07) is 0. The van der Waals surface area contributed by atoms with Gasteiger partial charge in [-0.2, -0.15) is 0 Å². The van der Waals surface area contributed by atoms with Crippen LogP contribution < -0.4 is 5.32 Å². The van der Waals surface area contributed by atoms with Crippen LogP contribution in [-0.4, -0.2) is 36.0 Å². The molecule has 0 fully saturated rings. The number of thioether (sulfide) groups is 1. The van der Waals surface area contributed by atoms with Gasteiger partial charge in [0.25, 0.3) is 0 Å². The molecule has 0 saturated heterocycles. The van der Waals surface area contributed by atoms with Crippen LogP contribution in [0.25, 0.3) is 0 Å². The Morgan fingerprint density at radius 1 is 1.53 bits per heavy atom. The van der Waals surface area contributed by atoms with Crippen LogP contribution in [0.15, 0.2) is 11.2 Å². The molecule has 0 radical (unpaired) electrons. The Morgan fingerprint density at radius 3 is 3.06 bits per heavy atom. The average Bonchev–Trinajstić information content (AvgIpc) is 2.35. The van der Waals surface area contributed by atoms with Crippen LogP contribution in [0.3, 0.4) is 0 Å². The number of aromatic nitrogens is 2. The molecule has 1 rings (SSSR count). The van der Waals surface area contributed by atoms with Gasteiger partial charge >= 0.3 is 0 Å². The molecule has 6 heteroatoms. The Hall–Kier alpha value is -0.520. The van der Waals surface area contributed by atoms with Gasteiger partial charge in [-0.15, -0.1) is 11.8 Å². The molecule has 96 valence electrons. The quantitative estimate of drug-likeness (QED) is 0.449. The summed E-state index contributed by atoms with van der Waals surface area (Å²) in [4.78, 5) is 8.50. The molecule has 0 bridgehead atoms. The van der Waals surface area contributed by atoms with E-state index in [0.717, 1.165) is 36.8 Å². The molecule has 0 aliphatic carbocycles. The minimum atomic E-state index is 0.606. The summed E-state index contributed by atoms with van der Waals surface area (Å²) >= 11 is 7.67. The van der Waals surface area contributed by atoms with Crippen molar-refractivity contribution >= 4 is 29.3 Å². The number of rotatable bonds is 8. The van der Waals surface area contributed by atoms with Crippen LogP contribution in [0, 0.1) is 0 Å². The van der Waals surface area contributed by atoms with Crippen molar-refractivity contribution < 1.29 is 4.74 Å². The van der Waals surface area contributed by atoms with E-state index in [1.165, 1.54) is 0 Å². The van der Waals surface area contributed by atoms with Gasteiger partial charge in [-0.3, -0.25) is 0 Å². The first-order chi connectivity index (χ1) is 8.27. The van der Waals surface area contributed by atoms with Gasteiger partial charge in [0.2, 0.25) is 5.95 Å². The Balaban J connectivity index is 2.50. The highest BCUT2D eigenvalue weighted by Gasteiger charge is 2.05. The maximum Gasteiger partial charge on any atom is 0.223 e. The summed E-state index contributed by atoms with van der Waals surface area (Å²) in [5, 5.41) is 4.58. The number of hydrogen-bond acceptors (Lipinski definition) is 5. The molecule has 0 amide bonds. The van der Waals surface area contributed by atoms with Crippen molar-refractivity contribution in [3.05, 3.63) is 11.2 Å². The minimum absolute atomic E-state index is 0.606. The van der Waals surface area contributed by atoms with Crippen LogP contribution >= 0.6 is 23.4 Å². The van der Waals surface area contributed by atoms with Crippen molar-refractivity contribution in [3.63, 3.8) is 0 Å². The molecule has 0 aliphatic rings. The van der Waals surface area contributed by atoms with Crippen molar-refractivity contribution in [3.8, 4) is 0 Å². The Labute approximate surface area is 112 Å². The highest BCUT2D eigenvalue weighted by molar-refractivity contribution is 7.99. The van der Waals surface area contributed by atoms with Crippen molar-refractivity contribution in [2.75, 3.05) is 31.3 Å². The topological polar surface area (TPSA) is 47.0 Å². The monoisotopic (exact) mass is 275 g/mol. The van der Waals surface area contributed by atoms with E-state index in [2.05, 4.69) is 22.2 Å². The zero-order valence-corrected chi connectivity index (χ0v) is 11.8. The van der Waals surface area contributed by atoms with Gasteiger partial charge in [0.1, 0.15) is 5.03 Å². The van der Waals surface area contributed by atoms with Crippen LogP contribution in [0.1, 0.15) is 19.8 Å². The molecule has 4 nitrogen and oxygen atoms in total. The number of halogens is 1. The molecule has 1 aromatic heterocycles. The molecule has 0 spiro atoms. The highest BCUT2D eigenvalue weighted by atomic mass is 35.5. The van der Waals surface area contributed by atoms with E-state index in [1.54, 1.807) is 25.1 Å². The lowest BCUT2D eigenvalue weighted by Crippen LogP contribution is -2.04. The largest absolute Gasteiger partial charge is 0.385 e. The van der Waals surface area contributed by atoms with Crippen LogP contribution in [0.4, 0.5) is 5.95 Å². The Bertz CT molecular complexity index is 338. The Morgan fingerprint density at radius 2 is 2.35 bits per heavy atom. The van der Waals surface area contributed by atoms with Crippen LogP contribution in [-0.2, 0) is 4.74 Å². The summed E-state index contributed by atoms with van der Waals surface area (Å²) in [6.45, 7) is 3.73. The summed E-state index contributed by atoms with van der Waals surface area (Å²) in [5.74, 6) is 1.59. The standard InChI is InChI=1S/C11H18ClN3OS/c1-3-5-13-11-14-8-9(12)10(15-11)17-7-4-6-16-2/h8H,3-7H2,1-2H3,(H,13,14,15). The molecule has 0 saturated carbocycles. The number of nitrogens with zero attached hydrogens (tertiary/aromatic N) is 2. The maximum atomic E-state index is 6.04. The molecular weight excluding hydrogens is 258 g/mol. The summed E-state index contributed by atoms with van der Waals surface area (Å²) in [6.07, 6.45) is 3.67. The van der Waals surface area contributed by atoms with Crippen molar-refractivity contribution in [2.45, 2.75) is 24.8 Å². The fourth-order valence-electron chi connectivity index (χ4n) is 1.15. The van der Waals surface area contributed by atoms with Gasteiger partial charge in [0, 0.05) is 26.0 Å². The van der Waals surface area contributed by atoms with E-state index in [1.807, 2.05) is 0 Å². The van der Waals surface area contributed by atoms with E-state index in [4.69, 9.17) is 16.3 Å². The smallest absolute Gasteiger partial charge is 0.223 e. The third-order valence-corrected chi connectivity index (χ3v) is 3.44. The van der Waals surface area contributed by atoms with E-state index in [0.29, 0.717) is 11.0 Å². The lowest BCUT2D eigenvalue weighted by molar-refractivity contribution is 0.200. The van der Waals surface area contributed by atoms with Gasteiger partial charge < -0.3 is 10.1 Å². The zero-order chi connectivity index (χ0) is 12.5. The van der Waals surface area contributed by atoms with Gasteiger partial charge in [-0.05, 0) is 12.8 Å². The van der Waals surface area contributed by atoms with Crippen LogP contribution in [0.2, 0.25) is 5.02 Å². The molecule has 0 unspecified atom stereocenters. The fourth-order valence-corrected chi connectivity index (χ4v) is 2.20. The van der Waals surface area contributed by atoms with Gasteiger partial charge in [0.05, 0.1) is 11.2 Å². The third kappa shape index (κ3) is 5.57. The number of methoxy groups -OCH3 is 1. The van der Waals surface area contributed by atoms with E-state index in [9.17, 15) is 0 Å². The number of anilines is 1. The van der Waals surface area contributed by atoms with Gasteiger partial charge in [0.15, 0.2) is 0 Å². The highest BCUT2D eigenvalue weighted by Crippen LogP contribution is 2.25. The first-order valence-corrected chi connectivity index (χ1v) is 7.02. The molecular formula is C11H18ClN3OS. The van der Waals surface area contributed by atoms with E-state index >= 15 is 0 Å². The van der Waals surface area contributed by atoms with E-state index in [-0.39, 0.29) is 0 Å².